The molecule has 19 heavy (non-hydrogen) atoms. The number of nitrogens with one attached hydrogen (secondary N) is 1. The van der Waals surface area contributed by atoms with E-state index in [1.807, 2.05) is 6.08 Å². The maximum absolute atomic E-state index is 13.7. The molecule has 0 atom stereocenters. The van der Waals surface area contributed by atoms with Crippen LogP contribution in [-0.2, 0) is 0 Å². The molecule has 96 valence electrons. The van der Waals surface area contributed by atoms with Crippen molar-refractivity contribution >= 4 is 26.7 Å². The molecule has 0 spiro atoms. The lowest BCUT2D eigenvalue weighted by atomic mass is 10.3. The fourth-order valence-electron chi connectivity index (χ4n) is 1.78. The highest BCUT2D eigenvalue weighted by molar-refractivity contribution is 7.22. The second-order valence-electron chi connectivity index (χ2n) is 4.05. The van der Waals surface area contributed by atoms with Crippen molar-refractivity contribution in [2.24, 2.45) is 0 Å². The summed E-state index contributed by atoms with van der Waals surface area (Å²) >= 11 is 1.30. The Labute approximate surface area is 112 Å². The van der Waals surface area contributed by atoms with Crippen LogP contribution < -0.4 is 5.32 Å². The van der Waals surface area contributed by atoms with Crippen LogP contribution in [0.4, 0.5) is 13.9 Å². The van der Waals surface area contributed by atoms with Crippen molar-refractivity contribution in [2.45, 2.75) is 6.42 Å². The van der Waals surface area contributed by atoms with E-state index in [4.69, 9.17) is 0 Å². The summed E-state index contributed by atoms with van der Waals surface area (Å²) in [5.41, 5.74) is 1.09. The van der Waals surface area contributed by atoms with Crippen LogP contribution in [0, 0.1) is 5.82 Å². The summed E-state index contributed by atoms with van der Waals surface area (Å²) in [4.78, 5) is 4.30. The van der Waals surface area contributed by atoms with Gasteiger partial charge in [-0.15, -0.1) is 0 Å². The van der Waals surface area contributed by atoms with Gasteiger partial charge in [0, 0.05) is 0 Å². The first-order chi connectivity index (χ1) is 9.22. The van der Waals surface area contributed by atoms with Crippen LogP contribution in [0.5, 0.6) is 0 Å². The van der Waals surface area contributed by atoms with Crippen molar-refractivity contribution in [2.75, 3.05) is 5.32 Å². The zero-order chi connectivity index (χ0) is 13.2. The maximum Gasteiger partial charge on any atom is 0.188 e. The molecule has 0 aliphatic heterocycles. The van der Waals surface area contributed by atoms with E-state index in [1.54, 1.807) is 18.2 Å². The standard InChI is InChI=1S/C14H10F2N2S/c15-9-6-7-12-13(8-9)19-14(18-12)17-11-5-3-1-2-4-10(11)16/h1-2,4-8H,3H2,(H,17,18). The topological polar surface area (TPSA) is 24.9 Å². The Hall–Kier alpha value is -2.01. The lowest BCUT2D eigenvalue weighted by molar-refractivity contribution is 0.630. The monoisotopic (exact) mass is 276 g/mol. The second kappa shape index (κ2) is 4.93. The molecule has 1 heterocycles. The summed E-state index contributed by atoms with van der Waals surface area (Å²) in [5, 5.41) is 3.50. The highest BCUT2D eigenvalue weighted by atomic mass is 32.1. The molecule has 2 aromatic rings. The van der Waals surface area contributed by atoms with E-state index in [0.29, 0.717) is 22.8 Å². The Morgan fingerprint density at radius 3 is 3.05 bits per heavy atom. The number of thiazole rings is 1. The molecule has 1 aliphatic rings. The van der Waals surface area contributed by atoms with E-state index in [2.05, 4.69) is 10.3 Å². The van der Waals surface area contributed by atoms with Crippen LogP contribution in [-0.4, -0.2) is 4.98 Å². The van der Waals surface area contributed by atoms with Gasteiger partial charge in [-0.25, -0.2) is 13.8 Å². The summed E-state index contributed by atoms with van der Waals surface area (Å²) in [6.07, 6.45) is 7.35. The van der Waals surface area contributed by atoms with Gasteiger partial charge in [-0.2, -0.15) is 0 Å². The number of benzene rings is 1. The molecule has 0 radical (unpaired) electrons. The molecule has 1 aliphatic carbocycles. The van der Waals surface area contributed by atoms with Crippen molar-refractivity contribution in [1.29, 1.82) is 0 Å². The van der Waals surface area contributed by atoms with Crippen molar-refractivity contribution in [3.8, 4) is 0 Å². The van der Waals surface area contributed by atoms with Crippen LogP contribution >= 0.6 is 11.3 Å². The summed E-state index contributed by atoms with van der Waals surface area (Å²) in [5.74, 6) is -0.633. The molecule has 2 nitrogen and oxygen atoms in total. The van der Waals surface area contributed by atoms with Gasteiger partial charge in [-0.05, 0) is 30.7 Å². The molecule has 1 aromatic heterocycles. The first kappa shape index (κ1) is 12.0. The SMILES string of the molecule is FC1=CC=CCC=C1Nc1nc2ccc(F)cc2s1. The molecule has 0 amide bonds. The number of hydrogen-bond donors (Lipinski definition) is 1. The van der Waals surface area contributed by atoms with Gasteiger partial charge < -0.3 is 5.32 Å². The van der Waals surface area contributed by atoms with Gasteiger partial charge in [0.15, 0.2) is 5.13 Å². The number of fused-ring (bicyclic) bond motifs is 1. The number of hydrogen-bond acceptors (Lipinski definition) is 3. The summed E-state index contributed by atoms with van der Waals surface area (Å²) in [7, 11) is 0. The van der Waals surface area contributed by atoms with Crippen molar-refractivity contribution in [1.82, 2.24) is 4.98 Å². The average Bonchev–Trinajstić information content (AvgIpc) is 2.66. The van der Waals surface area contributed by atoms with Crippen LogP contribution in [0.2, 0.25) is 0 Å². The molecule has 1 aromatic carbocycles. The number of rotatable bonds is 2. The third-order valence-corrected chi connectivity index (χ3v) is 3.62. The summed E-state index contributed by atoms with van der Waals surface area (Å²) < 4.78 is 27.5. The number of allylic oxidation sites excluding steroid dienone is 5. The number of aromatic nitrogens is 1. The van der Waals surface area contributed by atoms with Gasteiger partial charge in [0.1, 0.15) is 11.6 Å². The van der Waals surface area contributed by atoms with E-state index in [9.17, 15) is 8.78 Å². The zero-order valence-corrected chi connectivity index (χ0v) is 10.7. The molecular weight excluding hydrogens is 266 g/mol. The predicted molar refractivity (Wildman–Crippen MR) is 74.2 cm³/mol. The fraction of sp³-hybridized carbons (Fsp3) is 0.0714. The first-order valence-corrected chi connectivity index (χ1v) is 6.60. The smallest absolute Gasteiger partial charge is 0.188 e. The minimum Gasteiger partial charge on any atom is -0.329 e. The van der Waals surface area contributed by atoms with Gasteiger partial charge >= 0.3 is 0 Å². The van der Waals surface area contributed by atoms with E-state index in [0.717, 1.165) is 4.70 Å². The first-order valence-electron chi connectivity index (χ1n) is 5.78. The van der Waals surface area contributed by atoms with Gasteiger partial charge in [-0.3, -0.25) is 0 Å². The van der Waals surface area contributed by atoms with Gasteiger partial charge in [0.05, 0.1) is 15.9 Å². The largest absolute Gasteiger partial charge is 0.329 e. The number of nitrogens with zero attached hydrogens (tertiary/aromatic N) is 1. The number of anilines is 1. The number of halogens is 2. The Kier molecular flexibility index (Phi) is 3.13. The average molecular weight is 276 g/mol. The maximum atomic E-state index is 13.7. The fourth-order valence-corrected chi connectivity index (χ4v) is 2.69. The highest BCUT2D eigenvalue weighted by Gasteiger charge is 2.09. The third-order valence-electron chi connectivity index (χ3n) is 2.69. The Morgan fingerprint density at radius 2 is 2.16 bits per heavy atom. The minimum absolute atomic E-state index is 0.299. The molecule has 0 saturated heterocycles. The van der Waals surface area contributed by atoms with Crippen LogP contribution in [0.3, 0.4) is 0 Å². The highest BCUT2D eigenvalue weighted by Crippen LogP contribution is 2.29. The Morgan fingerprint density at radius 1 is 1.26 bits per heavy atom. The normalized spacial score (nSPS) is 15.1. The quantitative estimate of drug-likeness (QED) is 0.870. The Balaban J connectivity index is 1.91. The minimum atomic E-state index is -0.334. The Bertz CT molecular complexity index is 713. The van der Waals surface area contributed by atoms with Crippen LogP contribution in [0.25, 0.3) is 10.2 Å². The molecule has 0 saturated carbocycles. The van der Waals surface area contributed by atoms with Gasteiger partial charge in [0.2, 0.25) is 0 Å². The molecule has 3 rings (SSSR count). The molecule has 0 unspecified atom stereocenters. The zero-order valence-electron chi connectivity index (χ0n) is 9.86. The van der Waals surface area contributed by atoms with Crippen LogP contribution in [0.15, 0.2) is 54.0 Å². The predicted octanol–water partition coefficient (Wildman–Crippen LogP) is 4.54. The van der Waals surface area contributed by atoms with Crippen molar-refractivity contribution in [3.63, 3.8) is 0 Å². The van der Waals surface area contributed by atoms with Crippen molar-refractivity contribution in [3.05, 3.63) is 59.8 Å². The van der Waals surface area contributed by atoms with E-state index >= 15 is 0 Å². The van der Waals surface area contributed by atoms with E-state index < -0.39 is 0 Å². The van der Waals surface area contributed by atoms with E-state index in [1.165, 1.54) is 29.5 Å². The van der Waals surface area contributed by atoms with E-state index in [-0.39, 0.29) is 11.6 Å². The van der Waals surface area contributed by atoms with Crippen LogP contribution in [0.1, 0.15) is 6.42 Å². The molecule has 0 bridgehead atoms. The lowest BCUT2D eigenvalue weighted by Crippen LogP contribution is -1.99. The van der Waals surface area contributed by atoms with Gasteiger partial charge in [-0.1, -0.05) is 29.6 Å². The molecular formula is C14H10F2N2S. The molecule has 5 heteroatoms. The lowest BCUT2D eigenvalue weighted by Gasteiger charge is -2.04. The third kappa shape index (κ3) is 2.56. The summed E-state index contributed by atoms with van der Waals surface area (Å²) in [6.45, 7) is 0. The second-order valence-corrected chi connectivity index (χ2v) is 5.08. The molecule has 1 N–H and O–H groups in total. The van der Waals surface area contributed by atoms with Gasteiger partial charge in [0.25, 0.3) is 0 Å². The molecule has 0 fully saturated rings. The van der Waals surface area contributed by atoms with Crippen molar-refractivity contribution < 1.29 is 8.78 Å². The summed E-state index contributed by atoms with van der Waals surface area (Å²) in [6, 6.07) is 4.40.